The lowest BCUT2D eigenvalue weighted by Gasteiger charge is -2.29. The molecule has 1 N–H and O–H groups in total. The molecule has 1 aliphatic heterocycles. The van der Waals surface area contributed by atoms with Crippen molar-refractivity contribution in [3.63, 3.8) is 0 Å². The first-order valence-corrected chi connectivity index (χ1v) is 10.7. The molecule has 1 fully saturated rings. The number of aryl methyl sites for hydroxylation is 1. The molecule has 9 heteroatoms. The summed E-state index contributed by atoms with van der Waals surface area (Å²) < 4.78 is 9.64. The van der Waals surface area contributed by atoms with Gasteiger partial charge in [0.1, 0.15) is 18.4 Å². The molecule has 8 nitrogen and oxygen atoms in total. The van der Waals surface area contributed by atoms with Crippen LogP contribution in [0.1, 0.15) is 34.7 Å². The molecule has 4 heterocycles. The zero-order chi connectivity index (χ0) is 22.2. The average Bonchev–Trinajstić information content (AvgIpc) is 3.52. The number of anilines is 1. The normalized spacial score (nSPS) is 18.1. The third kappa shape index (κ3) is 3.21. The van der Waals surface area contributed by atoms with Gasteiger partial charge in [-0.2, -0.15) is 0 Å². The average molecular weight is 446 g/mol. The van der Waals surface area contributed by atoms with Crippen molar-refractivity contribution in [2.24, 2.45) is 0 Å². The summed E-state index contributed by atoms with van der Waals surface area (Å²) in [6.45, 7) is 4.17. The molecule has 1 aliphatic rings. The number of hydrogen-bond donors (Lipinski definition) is 1. The molecule has 4 aromatic rings. The van der Waals surface area contributed by atoms with E-state index in [1.165, 1.54) is 0 Å². The first kappa shape index (κ1) is 20.2. The Hall–Kier alpha value is -3.72. The molecule has 1 aromatic carbocycles. The van der Waals surface area contributed by atoms with Crippen LogP contribution in [-0.4, -0.2) is 36.8 Å². The maximum absolute atomic E-state index is 5.85. The van der Waals surface area contributed by atoms with Crippen molar-refractivity contribution < 1.29 is 4.74 Å². The number of thiocarbonyl (C=S) groups is 1. The van der Waals surface area contributed by atoms with Crippen molar-refractivity contribution in [2.45, 2.75) is 25.9 Å². The topological polar surface area (TPSA) is 73.0 Å². The Kier molecular flexibility index (Phi) is 5.10. The van der Waals surface area contributed by atoms with Crippen molar-refractivity contribution in [1.82, 2.24) is 29.9 Å². The summed E-state index contributed by atoms with van der Waals surface area (Å²) in [6, 6.07) is 15.8. The van der Waals surface area contributed by atoms with Crippen LogP contribution in [-0.2, 0) is 0 Å². The number of para-hydroxylation sites is 2. The number of rotatable bonds is 5. The summed E-state index contributed by atoms with van der Waals surface area (Å²) in [5, 5.41) is 12.1. The van der Waals surface area contributed by atoms with Crippen LogP contribution in [0.2, 0.25) is 0 Å². The third-order valence-electron chi connectivity index (χ3n) is 5.83. The molecule has 0 radical (unpaired) electrons. The highest BCUT2D eigenvalue weighted by atomic mass is 32.1. The fraction of sp³-hybridized carbons (Fsp3) is 0.217. The van der Waals surface area contributed by atoms with Gasteiger partial charge in [-0.25, -0.2) is 4.68 Å². The van der Waals surface area contributed by atoms with E-state index < -0.39 is 0 Å². The Balaban J connectivity index is 1.71. The summed E-state index contributed by atoms with van der Waals surface area (Å²) in [4.78, 5) is 6.77. The molecule has 5 rings (SSSR count). The monoisotopic (exact) mass is 445 g/mol. The van der Waals surface area contributed by atoms with Crippen LogP contribution in [0, 0.1) is 13.8 Å². The predicted molar refractivity (Wildman–Crippen MR) is 126 cm³/mol. The van der Waals surface area contributed by atoms with Gasteiger partial charge in [0.15, 0.2) is 5.11 Å². The number of pyridine rings is 1. The number of aromatic nitrogens is 5. The van der Waals surface area contributed by atoms with Gasteiger partial charge < -0.3 is 15.0 Å². The van der Waals surface area contributed by atoms with Crippen molar-refractivity contribution in [2.75, 3.05) is 12.0 Å². The summed E-state index contributed by atoms with van der Waals surface area (Å²) in [7, 11) is 1.68. The van der Waals surface area contributed by atoms with Gasteiger partial charge in [0.2, 0.25) is 0 Å². The Morgan fingerprint density at radius 1 is 1.03 bits per heavy atom. The lowest BCUT2D eigenvalue weighted by molar-refractivity contribution is 0.414. The lowest BCUT2D eigenvalue weighted by Crippen LogP contribution is -2.30. The van der Waals surface area contributed by atoms with Crippen LogP contribution in [0.5, 0.6) is 5.75 Å². The van der Waals surface area contributed by atoms with Crippen molar-refractivity contribution >= 4 is 23.0 Å². The van der Waals surface area contributed by atoms with Gasteiger partial charge in [-0.3, -0.25) is 9.66 Å². The highest BCUT2D eigenvalue weighted by molar-refractivity contribution is 7.80. The van der Waals surface area contributed by atoms with Crippen LogP contribution >= 0.6 is 12.2 Å². The van der Waals surface area contributed by atoms with Crippen LogP contribution in [0.15, 0.2) is 67.4 Å². The van der Waals surface area contributed by atoms with Crippen LogP contribution in [0.3, 0.4) is 0 Å². The molecule has 1 saturated heterocycles. The molecule has 0 unspecified atom stereocenters. The van der Waals surface area contributed by atoms with E-state index in [4.69, 9.17) is 17.0 Å². The Labute approximate surface area is 191 Å². The molecule has 3 aromatic heterocycles. The molecule has 0 aliphatic carbocycles. The smallest absolute Gasteiger partial charge is 0.174 e. The predicted octanol–water partition coefficient (Wildman–Crippen LogP) is 3.59. The Morgan fingerprint density at radius 3 is 2.50 bits per heavy atom. The van der Waals surface area contributed by atoms with Gasteiger partial charge in [0.25, 0.3) is 0 Å². The van der Waals surface area contributed by atoms with E-state index in [0.717, 1.165) is 34.1 Å². The van der Waals surface area contributed by atoms with Gasteiger partial charge >= 0.3 is 0 Å². The minimum absolute atomic E-state index is 0.134. The van der Waals surface area contributed by atoms with Gasteiger partial charge in [-0.1, -0.05) is 18.2 Å². The largest absolute Gasteiger partial charge is 0.495 e. The van der Waals surface area contributed by atoms with E-state index in [0.29, 0.717) is 5.11 Å². The Morgan fingerprint density at radius 2 is 1.78 bits per heavy atom. The quantitative estimate of drug-likeness (QED) is 0.471. The van der Waals surface area contributed by atoms with Crippen LogP contribution in [0.4, 0.5) is 5.69 Å². The van der Waals surface area contributed by atoms with E-state index in [2.05, 4.69) is 50.0 Å². The van der Waals surface area contributed by atoms with E-state index in [1.807, 2.05) is 53.3 Å². The van der Waals surface area contributed by atoms with E-state index in [-0.39, 0.29) is 12.1 Å². The summed E-state index contributed by atoms with van der Waals surface area (Å²) in [6.07, 6.45) is 5.19. The van der Waals surface area contributed by atoms with E-state index in [9.17, 15) is 0 Å². The summed E-state index contributed by atoms with van der Waals surface area (Å²) >= 11 is 5.85. The maximum atomic E-state index is 5.85. The fourth-order valence-electron chi connectivity index (χ4n) is 4.49. The van der Waals surface area contributed by atoms with Gasteiger partial charge in [0.05, 0.1) is 30.6 Å². The highest BCUT2D eigenvalue weighted by Gasteiger charge is 2.43. The van der Waals surface area contributed by atoms with Crippen LogP contribution in [0.25, 0.3) is 0 Å². The number of methoxy groups -OCH3 is 1. The lowest BCUT2D eigenvalue weighted by atomic mass is 9.96. The SMILES string of the molecule is COc1ccccc1N1C(=S)N[C@@H](c2ccccn2)[C@H]1c1cc(C)n(-n2cnnc2)c1C. The second-order valence-corrected chi connectivity index (χ2v) is 8.04. The number of ether oxygens (including phenoxy) is 1. The molecular formula is C23H23N7OS. The number of hydrogen-bond acceptors (Lipinski definition) is 5. The first-order chi connectivity index (χ1) is 15.6. The van der Waals surface area contributed by atoms with Gasteiger partial charge in [-0.05, 0) is 56.4 Å². The van der Waals surface area contributed by atoms with Crippen LogP contribution < -0.4 is 15.0 Å². The van der Waals surface area contributed by atoms with Gasteiger partial charge in [-0.15, -0.1) is 10.2 Å². The Bertz CT molecular complexity index is 1250. The molecule has 0 spiro atoms. The molecule has 2 atom stereocenters. The molecule has 0 amide bonds. The van der Waals surface area contributed by atoms with Gasteiger partial charge in [0, 0.05) is 23.1 Å². The van der Waals surface area contributed by atoms with E-state index >= 15 is 0 Å². The third-order valence-corrected chi connectivity index (χ3v) is 6.15. The second kappa shape index (κ2) is 8.08. The second-order valence-electron chi connectivity index (χ2n) is 7.65. The number of nitrogens with one attached hydrogen (secondary N) is 1. The highest BCUT2D eigenvalue weighted by Crippen LogP contribution is 2.45. The zero-order valence-electron chi connectivity index (χ0n) is 18.0. The zero-order valence-corrected chi connectivity index (χ0v) is 18.8. The van der Waals surface area contributed by atoms with E-state index in [1.54, 1.807) is 19.8 Å². The first-order valence-electron chi connectivity index (χ1n) is 10.3. The standard InChI is InChI=1S/C23H23N7OS/c1-15-12-17(16(2)30(15)28-13-25-26-14-28)22-21(18-8-6-7-11-24-18)27-23(32)29(22)19-9-4-5-10-20(19)31-3/h4-14,21-22H,1-3H3,(H,27,32)/t21-,22+/m0/s1. The molecular weight excluding hydrogens is 422 g/mol. The molecule has 0 saturated carbocycles. The minimum atomic E-state index is -0.136. The summed E-state index contributed by atoms with van der Waals surface area (Å²) in [5.74, 6) is 0.760. The summed E-state index contributed by atoms with van der Waals surface area (Å²) in [5.41, 5.74) is 5.09. The maximum Gasteiger partial charge on any atom is 0.174 e. The van der Waals surface area contributed by atoms with Crippen molar-refractivity contribution in [1.29, 1.82) is 0 Å². The fourth-order valence-corrected chi connectivity index (χ4v) is 4.83. The minimum Gasteiger partial charge on any atom is -0.495 e. The molecule has 162 valence electrons. The van der Waals surface area contributed by atoms with Crippen molar-refractivity contribution in [3.05, 3.63) is 90.0 Å². The molecule has 32 heavy (non-hydrogen) atoms. The number of nitrogens with zero attached hydrogens (tertiary/aromatic N) is 6. The number of benzene rings is 1. The van der Waals surface area contributed by atoms with Crippen molar-refractivity contribution in [3.8, 4) is 5.75 Å². The molecule has 0 bridgehead atoms.